The van der Waals surface area contributed by atoms with E-state index in [-0.39, 0.29) is 12.1 Å². The SMILES string of the molecule is CCNC(C)(CO)CN(C)CC1CCOCC1. The highest BCUT2D eigenvalue weighted by Gasteiger charge is 2.25. The average molecular weight is 244 g/mol. The molecule has 1 aliphatic heterocycles. The second-order valence-corrected chi connectivity index (χ2v) is 5.50. The van der Waals surface area contributed by atoms with E-state index in [2.05, 4.69) is 31.1 Å². The van der Waals surface area contributed by atoms with E-state index < -0.39 is 0 Å². The number of hydrogen-bond donors (Lipinski definition) is 2. The van der Waals surface area contributed by atoms with Gasteiger partial charge in [-0.2, -0.15) is 0 Å². The summed E-state index contributed by atoms with van der Waals surface area (Å²) in [6.07, 6.45) is 2.34. The molecule has 17 heavy (non-hydrogen) atoms. The summed E-state index contributed by atoms with van der Waals surface area (Å²) in [6, 6.07) is 0. The lowest BCUT2D eigenvalue weighted by Crippen LogP contribution is -2.53. The van der Waals surface area contributed by atoms with Gasteiger partial charge in [-0.3, -0.25) is 0 Å². The summed E-state index contributed by atoms with van der Waals surface area (Å²) in [5, 5.41) is 12.8. The Bertz CT molecular complexity index is 208. The number of aliphatic hydroxyl groups is 1. The summed E-state index contributed by atoms with van der Waals surface area (Å²) in [5.41, 5.74) is -0.186. The van der Waals surface area contributed by atoms with Gasteiger partial charge in [0, 0.05) is 26.3 Å². The first-order valence-electron chi connectivity index (χ1n) is 6.72. The lowest BCUT2D eigenvalue weighted by atomic mass is 9.98. The van der Waals surface area contributed by atoms with E-state index in [1.807, 2.05) is 0 Å². The number of nitrogens with zero attached hydrogens (tertiary/aromatic N) is 1. The molecule has 2 N–H and O–H groups in total. The fourth-order valence-corrected chi connectivity index (χ4v) is 2.62. The number of hydrogen-bond acceptors (Lipinski definition) is 4. The van der Waals surface area contributed by atoms with Crippen molar-refractivity contribution in [3.8, 4) is 0 Å². The first-order chi connectivity index (χ1) is 8.09. The molecule has 0 amide bonds. The zero-order chi connectivity index (χ0) is 12.7. The van der Waals surface area contributed by atoms with Crippen LogP contribution in [0, 0.1) is 5.92 Å². The predicted octanol–water partition coefficient (Wildman–Crippen LogP) is 0.705. The Labute approximate surface area is 105 Å². The topological polar surface area (TPSA) is 44.7 Å². The quantitative estimate of drug-likeness (QED) is 0.692. The van der Waals surface area contributed by atoms with Gasteiger partial charge in [-0.25, -0.2) is 0 Å². The molecule has 0 aromatic carbocycles. The van der Waals surface area contributed by atoms with Crippen LogP contribution < -0.4 is 5.32 Å². The van der Waals surface area contributed by atoms with Gasteiger partial charge in [-0.1, -0.05) is 6.92 Å². The first-order valence-corrected chi connectivity index (χ1v) is 6.72. The number of rotatable bonds is 7. The number of likely N-dealkylation sites (N-methyl/N-ethyl adjacent to an activating group) is 2. The molecule has 0 spiro atoms. The Morgan fingerprint density at radius 2 is 2.06 bits per heavy atom. The smallest absolute Gasteiger partial charge is 0.0623 e. The van der Waals surface area contributed by atoms with Crippen molar-refractivity contribution in [2.24, 2.45) is 5.92 Å². The van der Waals surface area contributed by atoms with E-state index in [0.717, 1.165) is 38.8 Å². The van der Waals surface area contributed by atoms with E-state index in [1.165, 1.54) is 12.8 Å². The van der Waals surface area contributed by atoms with Gasteiger partial charge in [0.1, 0.15) is 0 Å². The Kier molecular flexibility index (Phi) is 6.41. The molecule has 1 rings (SSSR count). The van der Waals surface area contributed by atoms with Crippen LogP contribution in [0.4, 0.5) is 0 Å². The van der Waals surface area contributed by atoms with E-state index in [9.17, 15) is 5.11 Å². The third-order valence-electron chi connectivity index (χ3n) is 3.48. The van der Waals surface area contributed by atoms with Gasteiger partial charge in [0.2, 0.25) is 0 Å². The molecule has 4 nitrogen and oxygen atoms in total. The molecule has 4 heteroatoms. The maximum Gasteiger partial charge on any atom is 0.0623 e. The molecule has 0 aromatic heterocycles. The highest BCUT2D eigenvalue weighted by atomic mass is 16.5. The highest BCUT2D eigenvalue weighted by Crippen LogP contribution is 2.16. The molecule has 0 radical (unpaired) electrons. The van der Waals surface area contributed by atoms with Gasteiger partial charge < -0.3 is 20.1 Å². The zero-order valence-corrected chi connectivity index (χ0v) is 11.5. The van der Waals surface area contributed by atoms with E-state index in [1.54, 1.807) is 0 Å². The summed E-state index contributed by atoms with van der Waals surface area (Å²) in [7, 11) is 2.14. The molecule has 0 aliphatic carbocycles. The summed E-state index contributed by atoms with van der Waals surface area (Å²) in [6.45, 7) is 9.02. The van der Waals surface area contributed by atoms with Crippen LogP contribution in [0.5, 0.6) is 0 Å². The fraction of sp³-hybridized carbons (Fsp3) is 1.00. The second-order valence-electron chi connectivity index (χ2n) is 5.50. The van der Waals surface area contributed by atoms with Crippen molar-refractivity contribution in [3.63, 3.8) is 0 Å². The van der Waals surface area contributed by atoms with Crippen LogP contribution >= 0.6 is 0 Å². The van der Waals surface area contributed by atoms with E-state index >= 15 is 0 Å². The average Bonchev–Trinajstić information content (AvgIpc) is 2.30. The van der Waals surface area contributed by atoms with Crippen molar-refractivity contribution in [3.05, 3.63) is 0 Å². The molecule has 0 bridgehead atoms. The molecule has 1 atom stereocenters. The minimum Gasteiger partial charge on any atom is -0.394 e. The highest BCUT2D eigenvalue weighted by molar-refractivity contribution is 4.85. The number of ether oxygens (including phenoxy) is 1. The number of nitrogens with one attached hydrogen (secondary N) is 1. The third-order valence-corrected chi connectivity index (χ3v) is 3.48. The normalized spacial score (nSPS) is 21.7. The summed E-state index contributed by atoms with van der Waals surface area (Å²) in [4.78, 5) is 2.33. The second kappa shape index (κ2) is 7.31. The lowest BCUT2D eigenvalue weighted by molar-refractivity contribution is 0.0492. The van der Waals surface area contributed by atoms with Crippen molar-refractivity contribution in [2.75, 3.05) is 46.5 Å². The zero-order valence-electron chi connectivity index (χ0n) is 11.5. The standard InChI is InChI=1S/C13H28N2O2/c1-4-14-13(2,11-16)10-15(3)9-12-5-7-17-8-6-12/h12,14,16H,4-11H2,1-3H3. The van der Waals surface area contributed by atoms with Crippen LogP contribution in [0.3, 0.4) is 0 Å². The van der Waals surface area contributed by atoms with Crippen LogP contribution in [0.25, 0.3) is 0 Å². The minimum atomic E-state index is -0.186. The van der Waals surface area contributed by atoms with Crippen LogP contribution in [0.2, 0.25) is 0 Å². The van der Waals surface area contributed by atoms with Crippen LogP contribution in [-0.4, -0.2) is 62.0 Å². The monoisotopic (exact) mass is 244 g/mol. The molecule has 1 aliphatic rings. The molecule has 1 heterocycles. The Morgan fingerprint density at radius 1 is 1.41 bits per heavy atom. The van der Waals surface area contributed by atoms with Gasteiger partial charge in [-0.15, -0.1) is 0 Å². The molecule has 1 unspecified atom stereocenters. The molecule has 0 aromatic rings. The van der Waals surface area contributed by atoms with Crippen LogP contribution in [-0.2, 0) is 4.74 Å². The van der Waals surface area contributed by atoms with Gasteiger partial charge in [0.05, 0.1) is 12.1 Å². The Hall–Kier alpha value is -0.160. The Balaban J connectivity index is 2.33. The fourth-order valence-electron chi connectivity index (χ4n) is 2.62. The van der Waals surface area contributed by atoms with Gasteiger partial charge in [0.15, 0.2) is 0 Å². The minimum absolute atomic E-state index is 0.180. The molecular formula is C13H28N2O2. The van der Waals surface area contributed by atoms with Crippen molar-refractivity contribution in [1.29, 1.82) is 0 Å². The number of aliphatic hydroxyl groups excluding tert-OH is 1. The lowest BCUT2D eigenvalue weighted by Gasteiger charge is -2.35. The molecule has 1 fully saturated rings. The van der Waals surface area contributed by atoms with E-state index in [4.69, 9.17) is 4.74 Å². The van der Waals surface area contributed by atoms with Gasteiger partial charge >= 0.3 is 0 Å². The van der Waals surface area contributed by atoms with Crippen LogP contribution in [0.1, 0.15) is 26.7 Å². The first kappa shape index (κ1) is 14.9. The van der Waals surface area contributed by atoms with Crippen molar-refractivity contribution in [2.45, 2.75) is 32.2 Å². The maximum absolute atomic E-state index is 9.46. The van der Waals surface area contributed by atoms with Crippen molar-refractivity contribution in [1.82, 2.24) is 10.2 Å². The van der Waals surface area contributed by atoms with Gasteiger partial charge in [-0.05, 0) is 39.3 Å². The van der Waals surface area contributed by atoms with Gasteiger partial charge in [0.25, 0.3) is 0 Å². The summed E-state index contributed by atoms with van der Waals surface area (Å²) < 4.78 is 5.37. The maximum atomic E-state index is 9.46. The van der Waals surface area contributed by atoms with E-state index in [0.29, 0.717) is 0 Å². The van der Waals surface area contributed by atoms with Crippen LogP contribution in [0.15, 0.2) is 0 Å². The third kappa shape index (κ3) is 5.34. The molecule has 1 saturated heterocycles. The van der Waals surface area contributed by atoms with Crippen molar-refractivity contribution >= 4 is 0 Å². The molecule has 102 valence electrons. The summed E-state index contributed by atoms with van der Waals surface area (Å²) in [5.74, 6) is 0.748. The molecular weight excluding hydrogens is 216 g/mol. The summed E-state index contributed by atoms with van der Waals surface area (Å²) >= 11 is 0. The molecule has 0 saturated carbocycles. The largest absolute Gasteiger partial charge is 0.394 e. The Morgan fingerprint density at radius 3 is 2.59 bits per heavy atom. The van der Waals surface area contributed by atoms with Crippen molar-refractivity contribution < 1.29 is 9.84 Å². The predicted molar refractivity (Wildman–Crippen MR) is 70.2 cm³/mol.